The van der Waals surface area contributed by atoms with Crippen LogP contribution in [-0.4, -0.2) is 44.0 Å². The third-order valence-electron chi connectivity index (χ3n) is 5.65. The average Bonchev–Trinajstić information content (AvgIpc) is 3.37. The fourth-order valence-electron chi connectivity index (χ4n) is 4.01. The van der Waals surface area contributed by atoms with Gasteiger partial charge in [-0.25, -0.2) is 22.7 Å². The topological polar surface area (TPSA) is 148 Å². The van der Waals surface area contributed by atoms with E-state index in [1.54, 1.807) is 6.07 Å². The predicted octanol–water partition coefficient (Wildman–Crippen LogP) is 2.86. The second kappa shape index (κ2) is 9.33. The molecule has 1 fully saturated rings. The van der Waals surface area contributed by atoms with E-state index in [1.807, 2.05) is 0 Å². The highest BCUT2D eigenvalue weighted by atomic mass is 32.2. The van der Waals surface area contributed by atoms with Gasteiger partial charge in [0.25, 0.3) is 0 Å². The Morgan fingerprint density at radius 2 is 2.00 bits per heavy atom. The first kappa shape index (κ1) is 22.3. The Kier molecular flexibility index (Phi) is 6.51. The Labute approximate surface area is 185 Å². The highest BCUT2D eigenvalue weighted by Gasteiger charge is 2.30. The number of nitrogens with two attached hydrogens (primary N) is 1. The van der Waals surface area contributed by atoms with Crippen molar-refractivity contribution in [1.29, 1.82) is 0 Å². The number of primary sulfonamides is 1. The number of fused-ring (bicyclic) bond motifs is 7. The number of halogens is 1. The number of anilines is 2. The standard InChI is InChI=1S/C20H26FN5O5S/c21-14-9-18(32(22,28)29)17-10-16(14)24-19-11-15(25-26-19)12-4-5-13(8-12)31-20(27)23-6-2-1-3-7-30-17/h9-13H,1-8H2,(H,23,27)(H2,22,28,29)(H2,24,25,26)/t12-,13+/m0/s1. The van der Waals surface area contributed by atoms with Crippen molar-refractivity contribution >= 4 is 27.6 Å². The minimum absolute atomic E-state index is 0.0193. The number of rotatable bonds is 1. The molecule has 174 valence electrons. The van der Waals surface area contributed by atoms with Crippen LogP contribution >= 0.6 is 0 Å². The van der Waals surface area contributed by atoms with Crippen molar-refractivity contribution < 1.29 is 27.1 Å². The first-order chi connectivity index (χ1) is 15.3. The fraction of sp³-hybridized carbons (Fsp3) is 0.500. The predicted molar refractivity (Wildman–Crippen MR) is 114 cm³/mol. The number of sulfonamides is 1. The maximum Gasteiger partial charge on any atom is 0.407 e. The van der Waals surface area contributed by atoms with E-state index in [-0.39, 0.29) is 30.1 Å². The van der Waals surface area contributed by atoms with Gasteiger partial charge in [-0.05, 0) is 44.6 Å². The van der Waals surface area contributed by atoms with Crippen LogP contribution in [0.1, 0.15) is 50.1 Å². The smallest absolute Gasteiger partial charge is 0.407 e. The zero-order valence-corrected chi connectivity index (χ0v) is 18.2. The van der Waals surface area contributed by atoms with Gasteiger partial charge in [0.15, 0.2) is 5.82 Å². The Morgan fingerprint density at radius 1 is 1.16 bits per heavy atom. The van der Waals surface area contributed by atoms with Crippen molar-refractivity contribution in [1.82, 2.24) is 15.5 Å². The Morgan fingerprint density at radius 3 is 2.81 bits per heavy atom. The van der Waals surface area contributed by atoms with Crippen molar-refractivity contribution in [2.24, 2.45) is 5.14 Å². The molecule has 2 aliphatic rings. The fourth-order valence-corrected chi connectivity index (χ4v) is 4.68. The number of ether oxygens (including phenoxy) is 2. The molecule has 1 aromatic carbocycles. The molecule has 12 heteroatoms. The average molecular weight is 468 g/mol. The van der Waals surface area contributed by atoms with Crippen LogP contribution in [0.2, 0.25) is 0 Å². The van der Waals surface area contributed by atoms with E-state index in [4.69, 9.17) is 14.6 Å². The molecular formula is C20H26FN5O5S. The van der Waals surface area contributed by atoms with E-state index < -0.39 is 26.8 Å². The number of amides is 1. The highest BCUT2D eigenvalue weighted by molar-refractivity contribution is 7.89. The molecule has 0 unspecified atom stereocenters. The maximum atomic E-state index is 14.7. The summed E-state index contributed by atoms with van der Waals surface area (Å²) in [5.74, 6) is -0.333. The van der Waals surface area contributed by atoms with Crippen molar-refractivity contribution in [3.8, 4) is 5.75 Å². The number of carbonyl (C=O) groups excluding carboxylic acids is 1. The van der Waals surface area contributed by atoms with E-state index in [9.17, 15) is 17.6 Å². The molecule has 1 aliphatic heterocycles. The van der Waals surface area contributed by atoms with Crippen LogP contribution in [-0.2, 0) is 14.8 Å². The van der Waals surface area contributed by atoms with Gasteiger partial charge in [-0.3, -0.25) is 5.10 Å². The van der Waals surface area contributed by atoms with E-state index in [1.165, 1.54) is 6.07 Å². The number of nitrogens with zero attached hydrogens (tertiary/aromatic N) is 1. The first-order valence-corrected chi connectivity index (χ1v) is 12.1. The Bertz CT molecular complexity index is 1090. The summed E-state index contributed by atoms with van der Waals surface area (Å²) in [6.07, 6.45) is 3.71. The molecular weight excluding hydrogens is 441 g/mol. The number of aromatic nitrogens is 2. The summed E-state index contributed by atoms with van der Waals surface area (Å²) in [6.45, 7) is 0.667. The number of hydrogen-bond acceptors (Lipinski definition) is 7. The molecule has 2 aromatic rings. The molecule has 1 saturated carbocycles. The van der Waals surface area contributed by atoms with Crippen LogP contribution in [0, 0.1) is 5.82 Å². The molecule has 10 nitrogen and oxygen atoms in total. The number of alkyl carbamates (subject to hydrolysis) is 1. The monoisotopic (exact) mass is 467 g/mol. The summed E-state index contributed by atoms with van der Waals surface area (Å²) >= 11 is 0. The molecule has 1 aromatic heterocycles. The minimum atomic E-state index is -4.18. The summed E-state index contributed by atoms with van der Waals surface area (Å²) in [5, 5.41) is 18.0. The van der Waals surface area contributed by atoms with Gasteiger partial charge in [-0.15, -0.1) is 0 Å². The second-order valence-electron chi connectivity index (χ2n) is 8.03. The normalized spacial score (nSPS) is 22.4. The molecule has 6 bridgehead atoms. The van der Waals surface area contributed by atoms with Crippen molar-refractivity contribution in [3.63, 3.8) is 0 Å². The maximum absolute atomic E-state index is 14.7. The Balaban J connectivity index is 1.61. The number of hydrogen-bond donors (Lipinski definition) is 4. The molecule has 2 heterocycles. The summed E-state index contributed by atoms with van der Waals surface area (Å²) in [6, 6.07) is 3.88. The molecule has 0 saturated heterocycles. The number of carbonyl (C=O) groups is 1. The number of H-pyrrole nitrogens is 1. The molecule has 32 heavy (non-hydrogen) atoms. The van der Waals surface area contributed by atoms with Gasteiger partial charge in [0.05, 0.1) is 12.3 Å². The van der Waals surface area contributed by atoms with E-state index in [0.29, 0.717) is 31.6 Å². The molecule has 0 radical (unpaired) electrons. The van der Waals surface area contributed by atoms with Crippen LogP contribution in [0.15, 0.2) is 23.1 Å². The summed E-state index contributed by atoms with van der Waals surface area (Å²) in [4.78, 5) is 11.6. The third-order valence-corrected chi connectivity index (χ3v) is 6.58. The lowest BCUT2D eigenvalue weighted by Gasteiger charge is -2.14. The SMILES string of the molecule is NS(=O)(=O)c1cc(F)c2cc1OCCCCCNC(=O)O[C@@H]1CC[C@@H](C1)c1cc(n[nH]1)N2. The van der Waals surface area contributed by atoms with Crippen LogP contribution in [0.25, 0.3) is 0 Å². The zero-order chi connectivity index (χ0) is 22.7. The van der Waals surface area contributed by atoms with Crippen LogP contribution in [0.4, 0.5) is 20.7 Å². The summed E-state index contributed by atoms with van der Waals surface area (Å²) in [5.41, 5.74) is 0.862. The first-order valence-electron chi connectivity index (χ1n) is 10.6. The van der Waals surface area contributed by atoms with E-state index in [0.717, 1.165) is 31.0 Å². The van der Waals surface area contributed by atoms with Gasteiger partial charge in [0, 0.05) is 30.3 Å². The van der Waals surface area contributed by atoms with Crippen molar-refractivity contribution in [3.05, 3.63) is 29.7 Å². The number of nitrogens with one attached hydrogen (secondary N) is 3. The van der Waals surface area contributed by atoms with Crippen LogP contribution in [0.3, 0.4) is 0 Å². The Hall–Kier alpha value is -2.86. The quantitative estimate of drug-likeness (QED) is 0.504. The van der Waals surface area contributed by atoms with Crippen LogP contribution in [0.5, 0.6) is 5.75 Å². The van der Waals surface area contributed by atoms with Gasteiger partial charge in [0.2, 0.25) is 10.0 Å². The highest BCUT2D eigenvalue weighted by Crippen LogP contribution is 2.37. The van der Waals surface area contributed by atoms with Crippen molar-refractivity contribution in [2.75, 3.05) is 18.5 Å². The van der Waals surface area contributed by atoms with Gasteiger partial charge < -0.3 is 20.1 Å². The molecule has 1 aliphatic carbocycles. The lowest BCUT2D eigenvalue weighted by Crippen LogP contribution is -2.28. The number of aromatic amines is 1. The van der Waals surface area contributed by atoms with Gasteiger partial charge >= 0.3 is 6.09 Å². The largest absolute Gasteiger partial charge is 0.492 e. The van der Waals surface area contributed by atoms with E-state index in [2.05, 4.69) is 20.8 Å². The van der Waals surface area contributed by atoms with Gasteiger partial charge in [0.1, 0.15) is 22.6 Å². The van der Waals surface area contributed by atoms with Gasteiger partial charge in [-0.1, -0.05) is 0 Å². The molecule has 4 rings (SSSR count). The van der Waals surface area contributed by atoms with Gasteiger partial charge in [-0.2, -0.15) is 5.10 Å². The summed E-state index contributed by atoms with van der Waals surface area (Å²) in [7, 11) is -4.18. The lowest BCUT2D eigenvalue weighted by molar-refractivity contribution is 0.100. The lowest BCUT2D eigenvalue weighted by atomic mass is 10.0. The van der Waals surface area contributed by atoms with Crippen molar-refractivity contribution in [2.45, 2.75) is 55.4 Å². The van der Waals surface area contributed by atoms with Crippen LogP contribution < -0.4 is 20.5 Å². The zero-order valence-electron chi connectivity index (χ0n) is 17.4. The number of benzene rings is 1. The van der Waals surface area contributed by atoms with E-state index >= 15 is 0 Å². The molecule has 5 N–H and O–H groups in total. The minimum Gasteiger partial charge on any atom is -0.492 e. The third kappa shape index (κ3) is 5.30. The second-order valence-corrected chi connectivity index (χ2v) is 9.56. The molecule has 2 atom stereocenters. The molecule has 1 amide bonds. The summed E-state index contributed by atoms with van der Waals surface area (Å²) < 4.78 is 49.6. The molecule has 0 spiro atoms.